The predicted octanol–water partition coefficient (Wildman–Crippen LogP) is 1.66. The second-order valence-electron chi connectivity index (χ2n) is 4.43. The molecule has 2 amide bonds. The first-order valence-corrected chi connectivity index (χ1v) is 7.35. The average molecular weight is 285 g/mol. The number of thioether (sulfide) groups is 1. The molecule has 0 aromatic carbocycles. The van der Waals surface area contributed by atoms with Crippen LogP contribution in [0.2, 0.25) is 0 Å². The van der Waals surface area contributed by atoms with E-state index < -0.39 is 0 Å². The second kappa shape index (κ2) is 4.89. The molecule has 1 unspecified atom stereocenters. The molecule has 1 aromatic rings. The van der Waals surface area contributed by atoms with Gasteiger partial charge in [0.05, 0.1) is 15.2 Å². The molecule has 1 aliphatic heterocycles. The second-order valence-corrected chi connectivity index (χ2v) is 6.93. The minimum absolute atomic E-state index is 0.0803. The summed E-state index contributed by atoms with van der Waals surface area (Å²) >= 11 is 2.76. The van der Waals surface area contributed by atoms with Gasteiger partial charge < -0.3 is 5.73 Å². The lowest BCUT2D eigenvalue weighted by Gasteiger charge is -2.18. The van der Waals surface area contributed by atoms with Crippen LogP contribution in [0.3, 0.4) is 0 Å². The number of nitrogens with zero attached hydrogens (tertiary/aromatic N) is 2. The number of rotatable bonds is 3. The molecule has 1 aromatic heterocycles. The van der Waals surface area contributed by atoms with Crippen molar-refractivity contribution >= 4 is 40.0 Å². The van der Waals surface area contributed by atoms with Crippen LogP contribution in [-0.2, 0) is 9.59 Å². The predicted molar refractivity (Wildman–Crippen MR) is 72.5 cm³/mol. The maximum atomic E-state index is 12.1. The highest BCUT2D eigenvalue weighted by atomic mass is 32.2. The van der Waals surface area contributed by atoms with Gasteiger partial charge in [0.2, 0.25) is 11.8 Å². The zero-order valence-corrected chi connectivity index (χ0v) is 12.1. The summed E-state index contributed by atoms with van der Waals surface area (Å²) in [7, 11) is 0. The van der Waals surface area contributed by atoms with E-state index in [1.165, 1.54) is 28.0 Å². The van der Waals surface area contributed by atoms with E-state index in [1.54, 1.807) is 0 Å². The van der Waals surface area contributed by atoms with E-state index >= 15 is 0 Å². The van der Waals surface area contributed by atoms with Gasteiger partial charge in [-0.3, -0.25) is 14.5 Å². The van der Waals surface area contributed by atoms with Crippen LogP contribution in [0.25, 0.3) is 0 Å². The summed E-state index contributed by atoms with van der Waals surface area (Å²) in [5.41, 5.74) is 6.45. The van der Waals surface area contributed by atoms with Crippen LogP contribution >= 0.6 is 23.1 Å². The first kappa shape index (κ1) is 13.4. The first-order chi connectivity index (χ1) is 8.40. The Balaban J connectivity index is 2.15. The largest absolute Gasteiger partial charge is 0.375 e. The van der Waals surface area contributed by atoms with Crippen LogP contribution in [0, 0.1) is 6.92 Å². The number of nitrogens with two attached hydrogens (primary N) is 1. The zero-order chi connectivity index (χ0) is 13.4. The molecule has 0 saturated carbocycles. The van der Waals surface area contributed by atoms with Gasteiger partial charge in [0, 0.05) is 12.5 Å². The van der Waals surface area contributed by atoms with E-state index in [1.807, 2.05) is 20.8 Å². The fourth-order valence-corrected chi connectivity index (χ4v) is 4.18. The molecule has 2 N–H and O–H groups in total. The molecule has 1 atom stereocenters. The first-order valence-electron chi connectivity index (χ1n) is 5.65. The summed E-state index contributed by atoms with van der Waals surface area (Å²) in [4.78, 5) is 29.4. The molecule has 1 saturated heterocycles. The number of hydrogen-bond acceptors (Lipinski definition) is 6. The lowest BCUT2D eigenvalue weighted by Crippen LogP contribution is -2.37. The standard InChI is InChI=1S/C11H15N3O2S2/c1-5(2)14-8(15)4-7(9(14)16)17-10-6(3)13-11(12)18-10/h5,7H,4H2,1-3H3,(H2,12,13). The highest BCUT2D eigenvalue weighted by Crippen LogP contribution is 2.37. The summed E-state index contributed by atoms with van der Waals surface area (Å²) in [5, 5.41) is 0.158. The third kappa shape index (κ3) is 2.37. The number of hydrogen-bond donors (Lipinski definition) is 1. The van der Waals surface area contributed by atoms with Gasteiger partial charge in [0.1, 0.15) is 0 Å². The van der Waals surface area contributed by atoms with Crippen LogP contribution in [-0.4, -0.2) is 33.0 Å². The van der Waals surface area contributed by atoms with Crippen molar-refractivity contribution in [3.8, 4) is 0 Å². The molecule has 5 nitrogen and oxygen atoms in total. The van der Waals surface area contributed by atoms with Crippen molar-refractivity contribution in [2.75, 3.05) is 5.73 Å². The zero-order valence-electron chi connectivity index (χ0n) is 10.5. The number of nitrogen functional groups attached to an aromatic ring is 1. The van der Waals surface area contributed by atoms with Crippen molar-refractivity contribution in [3.63, 3.8) is 0 Å². The molecule has 0 spiro atoms. The number of aryl methyl sites for hydroxylation is 1. The molecule has 1 aliphatic rings. The van der Waals surface area contributed by atoms with Gasteiger partial charge in [-0.1, -0.05) is 23.1 Å². The molecule has 1 fully saturated rings. The Labute approximate surface area is 114 Å². The molecule has 7 heteroatoms. The summed E-state index contributed by atoms with van der Waals surface area (Å²) in [6.45, 7) is 5.55. The normalized spacial score (nSPS) is 20.2. The number of thiazole rings is 1. The summed E-state index contributed by atoms with van der Waals surface area (Å²) in [6, 6.07) is -0.0803. The minimum atomic E-state index is -0.335. The van der Waals surface area contributed by atoms with Crippen molar-refractivity contribution in [2.45, 2.75) is 42.7 Å². The Bertz CT molecular complexity index is 498. The fraction of sp³-hybridized carbons (Fsp3) is 0.545. The van der Waals surface area contributed by atoms with Gasteiger partial charge in [-0.25, -0.2) is 4.98 Å². The van der Waals surface area contributed by atoms with Gasteiger partial charge in [0.25, 0.3) is 0 Å². The monoisotopic (exact) mass is 285 g/mol. The Morgan fingerprint density at radius 2 is 2.17 bits per heavy atom. The maximum absolute atomic E-state index is 12.1. The van der Waals surface area contributed by atoms with E-state index in [-0.39, 0.29) is 29.5 Å². The van der Waals surface area contributed by atoms with Crippen LogP contribution in [0.15, 0.2) is 4.21 Å². The minimum Gasteiger partial charge on any atom is -0.375 e. The number of carbonyl (C=O) groups excluding carboxylic acids is 2. The van der Waals surface area contributed by atoms with Crippen LogP contribution < -0.4 is 5.73 Å². The van der Waals surface area contributed by atoms with E-state index in [9.17, 15) is 9.59 Å². The van der Waals surface area contributed by atoms with Crippen molar-refractivity contribution in [1.82, 2.24) is 9.88 Å². The highest BCUT2D eigenvalue weighted by Gasteiger charge is 2.40. The fourth-order valence-electron chi connectivity index (χ4n) is 1.90. The quantitative estimate of drug-likeness (QED) is 0.855. The molecule has 2 heterocycles. The van der Waals surface area contributed by atoms with Crippen LogP contribution in [0.1, 0.15) is 26.0 Å². The van der Waals surface area contributed by atoms with E-state index in [4.69, 9.17) is 5.73 Å². The molecular formula is C11H15N3O2S2. The number of likely N-dealkylation sites (tertiary alicyclic amines) is 1. The van der Waals surface area contributed by atoms with Gasteiger partial charge >= 0.3 is 0 Å². The summed E-state index contributed by atoms with van der Waals surface area (Å²) in [5.74, 6) is -0.200. The third-order valence-corrected chi connectivity index (χ3v) is 5.16. The lowest BCUT2D eigenvalue weighted by atomic mass is 10.3. The molecule has 2 rings (SSSR count). The SMILES string of the molecule is Cc1nc(N)sc1SC1CC(=O)N(C(C)C)C1=O. The average Bonchev–Trinajstić information content (AvgIpc) is 2.69. The van der Waals surface area contributed by atoms with Crippen molar-refractivity contribution < 1.29 is 9.59 Å². The van der Waals surface area contributed by atoms with Crippen LogP contribution in [0.5, 0.6) is 0 Å². The van der Waals surface area contributed by atoms with E-state index in [0.29, 0.717) is 5.13 Å². The molecule has 18 heavy (non-hydrogen) atoms. The van der Waals surface area contributed by atoms with Gasteiger partial charge in [-0.2, -0.15) is 0 Å². The number of aromatic nitrogens is 1. The molecular weight excluding hydrogens is 270 g/mol. The maximum Gasteiger partial charge on any atom is 0.243 e. The lowest BCUT2D eigenvalue weighted by molar-refractivity contribution is -0.140. The van der Waals surface area contributed by atoms with Gasteiger partial charge in [-0.05, 0) is 20.8 Å². The van der Waals surface area contributed by atoms with Crippen molar-refractivity contribution in [3.05, 3.63) is 5.69 Å². The molecule has 0 radical (unpaired) electrons. The topological polar surface area (TPSA) is 76.3 Å². The van der Waals surface area contributed by atoms with Gasteiger partial charge in [-0.15, -0.1) is 0 Å². The van der Waals surface area contributed by atoms with Gasteiger partial charge in [0.15, 0.2) is 5.13 Å². The van der Waals surface area contributed by atoms with E-state index in [0.717, 1.165) is 9.90 Å². The Kier molecular flexibility index (Phi) is 3.63. The Morgan fingerprint density at radius 3 is 2.61 bits per heavy atom. The summed E-state index contributed by atoms with van der Waals surface area (Å²) in [6.07, 6.45) is 0.263. The number of carbonyl (C=O) groups is 2. The van der Waals surface area contributed by atoms with Crippen molar-refractivity contribution in [2.24, 2.45) is 0 Å². The molecule has 0 aliphatic carbocycles. The number of amides is 2. The summed E-state index contributed by atoms with van der Waals surface area (Å²) < 4.78 is 0.921. The third-order valence-electron chi connectivity index (χ3n) is 2.68. The smallest absolute Gasteiger partial charge is 0.243 e. The number of anilines is 1. The Morgan fingerprint density at radius 1 is 1.50 bits per heavy atom. The number of imide groups is 1. The van der Waals surface area contributed by atoms with Crippen molar-refractivity contribution in [1.29, 1.82) is 0 Å². The molecule has 98 valence electrons. The van der Waals surface area contributed by atoms with Crippen LogP contribution in [0.4, 0.5) is 5.13 Å². The molecule has 0 bridgehead atoms. The highest BCUT2D eigenvalue weighted by molar-refractivity contribution is 8.02. The Hall–Kier alpha value is -1.08. The van der Waals surface area contributed by atoms with E-state index in [2.05, 4.69) is 4.98 Å².